The van der Waals surface area contributed by atoms with Crippen LogP contribution in [-0.2, 0) is 0 Å². The SMILES string of the molecule is Fc1ccc(-n2ncc(-c3ccccc3)c2-c2ccccc2)cc1. The van der Waals surface area contributed by atoms with Crippen LogP contribution in [0.3, 0.4) is 0 Å². The van der Waals surface area contributed by atoms with Crippen molar-refractivity contribution in [1.29, 1.82) is 0 Å². The number of hydrogen-bond acceptors (Lipinski definition) is 1. The molecule has 3 aromatic carbocycles. The van der Waals surface area contributed by atoms with Gasteiger partial charge in [0.1, 0.15) is 5.82 Å². The largest absolute Gasteiger partial charge is 0.232 e. The molecule has 0 unspecified atom stereocenters. The molecular formula is C21H15FN2. The minimum Gasteiger partial charge on any atom is -0.232 e. The van der Waals surface area contributed by atoms with Crippen molar-refractivity contribution in [3.63, 3.8) is 0 Å². The first-order valence-electron chi connectivity index (χ1n) is 7.78. The molecule has 1 heterocycles. The summed E-state index contributed by atoms with van der Waals surface area (Å²) in [6.07, 6.45) is 1.86. The molecule has 24 heavy (non-hydrogen) atoms. The van der Waals surface area contributed by atoms with Gasteiger partial charge in [0.25, 0.3) is 0 Å². The first-order valence-corrected chi connectivity index (χ1v) is 7.78. The standard InChI is InChI=1S/C21H15FN2/c22-18-11-13-19(14-12-18)24-21(17-9-5-2-6-10-17)20(15-23-24)16-7-3-1-4-8-16/h1-15H. The van der Waals surface area contributed by atoms with Crippen LogP contribution in [0.25, 0.3) is 28.1 Å². The summed E-state index contributed by atoms with van der Waals surface area (Å²) in [6.45, 7) is 0. The Morgan fingerprint density at radius 3 is 1.88 bits per heavy atom. The summed E-state index contributed by atoms with van der Waals surface area (Å²) >= 11 is 0. The minimum atomic E-state index is -0.254. The molecule has 0 aliphatic carbocycles. The van der Waals surface area contributed by atoms with Gasteiger partial charge < -0.3 is 0 Å². The molecule has 1 aromatic heterocycles. The molecule has 0 aliphatic rings. The van der Waals surface area contributed by atoms with Crippen LogP contribution in [0.1, 0.15) is 0 Å². The first kappa shape index (κ1) is 14.4. The van der Waals surface area contributed by atoms with Crippen LogP contribution in [0.5, 0.6) is 0 Å². The summed E-state index contributed by atoms with van der Waals surface area (Å²) in [5.74, 6) is -0.254. The molecule has 0 amide bonds. The Hall–Kier alpha value is -3.20. The molecule has 2 nitrogen and oxygen atoms in total. The second-order valence-corrected chi connectivity index (χ2v) is 5.53. The zero-order chi connectivity index (χ0) is 16.4. The molecule has 116 valence electrons. The van der Waals surface area contributed by atoms with Crippen LogP contribution < -0.4 is 0 Å². The van der Waals surface area contributed by atoms with Crippen LogP contribution in [-0.4, -0.2) is 9.78 Å². The fourth-order valence-corrected chi connectivity index (χ4v) is 2.83. The maximum Gasteiger partial charge on any atom is 0.123 e. The molecule has 0 N–H and O–H groups in total. The molecular weight excluding hydrogens is 299 g/mol. The van der Waals surface area contributed by atoms with Crippen molar-refractivity contribution in [1.82, 2.24) is 9.78 Å². The molecule has 4 aromatic rings. The number of nitrogens with zero attached hydrogens (tertiary/aromatic N) is 2. The highest BCUT2D eigenvalue weighted by molar-refractivity contribution is 5.81. The second-order valence-electron chi connectivity index (χ2n) is 5.53. The molecule has 0 saturated carbocycles. The lowest BCUT2D eigenvalue weighted by atomic mass is 10.0. The normalized spacial score (nSPS) is 10.7. The van der Waals surface area contributed by atoms with Crippen LogP contribution in [0, 0.1) is 5.82 Å². The Kier molecular flexibility index (Phi) is 3.67. The third kappa shape index (κ3) is 2.61. The molecule has 0 atom stereocenters. The number of aromatic nitrogens is 2. The van der Waals surface area contributed by atoms with Gasteiger partial charge in [0, 0.05) is 11.1 Å². The summed E-state index contributed by atoms with van der Waals surface area (Å²) in [5, 5.41) is 4.56. The van der Waals surface area contributed by atoms with E-state index in [2.05, 4.69) is 29.4 Å². The summed E-state index contributed by atoms with van der Waals surface area (Å²) in [7, 11) is 0. The van der Waals surface area contributed by atoms with Crippen molar-refractivity contribution in [2.75, 3.05) is 0 Å². The van der Waals surface area contributed by atoms with Gasteiger partial charge in [-0.15, -0.1) is 0 Å². The van der Waals surface area contributed by atoms with Crippen molar-refractivity contribution in [3.8, 4) is 28.1 Å². The monoisotopic (exact) mass is 314 g/mol. The van der Waals surface area contributed by atoms with Crippen LogP contribution in [0.2, 0.25) is 0 Å². The molecule has 0 radical (unpaired) electrons. The van der Waals surface area contributed by atoms with E-state index < -0.39 is 0 Å². The number of halogens is 1. The van der Waals surface area contributed by atoms with E-state index in [1.807, 2.05) is 47.3 Å². The van der Waals surface area contributed by atoms with E-state index in [1.165, 1.54) is 12.1 Å². The van der Waals surface area contributed by atoms with Gasteiger partial charge in [-0.3, -0.25) is 0 Å². The van der Waals surface area contributed by atoms with Crippen molar-refractivity contribution in [2.24, 2.45) is 0 Å². The predicted octanol–water partition coefficient (Wildman–Crippen LogP) is 5.35. The van der Waals surface area contributed by atoms with Crippen LogP contribution in [0.15, 0.2) is 91.1 Å². The fourth-order valence-electron chi connectivity index (χ4n) is 2.83. The van der Waals surface area contributed by atoms with Gasteiger partial charge in [-0.1, -0.05) is 60.7 Å². The van der Waals surface area contributed by atoms with E-state index in [9.17, 15) is 4.39 Å². The molecule has 0 fully saturated rings. The van der Waals surface area contributed by atoms with Crippen LogP contribution in [0.4, 0.5) is 4.39 Å². The van der Waals surface area contributed by atoms with Gasteiger partial charge in [0.15, 0.2) is 0 Å². The Bertz CT molecular complexity index is 942. The predicted molar refractivity (Wildman–Crippen MR) is 94.4 cm³/mol. The lowest BCUT2D eigenvalue weighted by Gasteiger charge is -2.10. The van der Waals surface area contributed by atoms with Gasteiger partial charge in [-0.05, 0) is 29.8 Å². The highest BCUT2D eigenvalue weighted by atomic mass is 19.1. The Labute approximate surface area is 139 Å². The highest BCUT2D eigenvalue weighted by Crippen LogP contribution is 2.33. The van der Waals surface area contributed by atoms with E-state index in [-0.39, 0.29) is 5.82 Å². The maximum atomic E-state index is 13.3. The quantitative estimate of drug-likeness (QED) is 0.499. The van der Waals surface area contributed by atoms with Gasteiger partial charge in [0.2, 0.25) is 0 Å². The number of rotatable bonds is 3. The third-order valence-electron chi connectivity index (χ3n) is 3.97. The Morgan fingerprint density at radius 2 is 1.25 bits per heavy atom. The highest BCUT2D eigenvalue weighted by Gasteiger charge is 2.15. The van der Waals surface area contributed by atoms with Gasteiger partial charge in [-0.25, -0.2) is 9.07 Å². The van der Waals surface area contributed by atoms with Crippen molar-refractivity contribution >= 4 is 0 Å². The number of benzene rings is 3. The lowest BCUT2D eigenvalue weighted by Crippen LogP contribution is -1.99. The second kappa shape index (κ2) is 6.13. The zero-order valence-corrected chi connectivity index (χ0v) is 12.9. The Balaban J connectivity index is 1.95. The van der Waals surface area contributed by atoms with Crippen molar-refractivity contribution < 1.29 is 4.39 Å². The number of hydrogen-bond donors (Lipinski definition) is 0. The lowest BCUT2D eigenvalue weighted by molar-refractivity contribution is 0.627. The van der Waals surface area contributed by atoms with Crippen LogP contribution >= 0.6 is 0 Å². The summed E-state index contributed by atoms with van der Waals surface area (Å²) in [4.78, 5) is 0. The van der Waals surface area contributed by atoms with Crippen molar-refractivity contribution in [2.45, 2.75) is 0 Å². The molecule has 0 bridgehead atoms. The molecule has 0 spiro atoms. The first-order chi connectivity index (χ1) is 11.8. The van der Waals surface area contributed by atoms with E-state index in [0.29, 0.717) is 0 Å². The molecule has 0 saturated heterocycles. The summed E-state index contributed by atoms with van der Waals surface area (Å²) in [6, 6.07) is 26.7. The Morgan fingerprint density at radius 1 is 0.667 bits per heavy atom. The minimum absolute atomic E-state index is 0.254. The topological polar surface area (TPSA) is 17.8 Å². The molecule has 4 rings (SSSR count). The van der Waals surface area contributed by atoms with Crippen molar-refractivity contribution in [3.05, 3.63) is 96.9 Å². The average molecular weight is 314 g/mol. The fraction of sp³-hybridized carbons (Fsp3) is 0. The van der Waals surface area contributed by atoms with E-state index in [0.717, 1.165) is 28.1 Å². The van der Waals surface area contributed by atoms with Gasteiger partial charge in [0.05, 0.1) is 17.6 Å². The smallest absolute Gasteiger partial charge is 0.123 e. The zero-order valence-electron chi connectivity index (χ0n) is 12.9. The van der Waals surface area contributed by atoms with E-state index in [4.69, 9.17) is 0 Å². The van der Waals surface area contributed by atoms with Gasteiger partial charge >= 0.3 is 0 Å². The molecule has 3 heteroatoms. The van der Waals surface area contributed by atoms with E-state index in [1.54, 1.807) is 12.1 Å². The van der Waals surface area contributed by atoms with Gasteiger partial charge in [-0.2, -0.15) is 5.10 Å². The third-order valence-corrected chi connectivity index (χ3v) is 3.97. The average Bonchev–Trinajstić information content (AvgIpc) is 3.09. The summed E-state index contributed by atoms with van der Waals surface area (Å²) in [5.41, 5.74) is 5.04. The summed E-state index contributed by atoms with van der Waals surface area (Å²) < 4.78 is 15.1. The molecule has 0 aliphatic heterocycles. The van der Waals surface area contributed by atoms with E-state index >= 15 is 0 Å². The maximum absolute atomic E-state index is 13.3.